The van der Waals surface area contributed by atoms with Gasteiger partial charge in [-0.25, -0.2) is 4.79 Å². The van der Waals surface area contributed by atoms with Crippen LogP contribution in [0.1, 0.15) is 13.8 Å². The number of hydrogen-bond acceptors (Lipinski definition) is 4. The Kier molecular flexibility index (Phi) is 5.60. The van der Waals surface area contributed by atoms with Crippen LogP contribution in [0.25, 0.3) is 0 Å². The summed E-state index contributed by atoms with van der Waals surface area (Å²) in [6.45, 7) is 3.99. The predicted molar refractivity (Wildman–Crippen MR) is 90.2 cm³/mol. The van der Waals surface area contributed by atoms with Gasteiger partial charge >= 0.3 is 5.97 Å². The number of esters is 1. The van der Waals surface area contributed by atoms with E-state index in [-0.39, 0.29) is 5.97 Å². The number of allylic oxidation sites excluding steroid dienone is 1. The van der Waals surface area contributed by atoms with Crippen molar-refractivity contribution in [2.24, 2.45) is 0 Å². The minimum atomic E-state index is -0.338. The lowest BCUT2D eigenvalue weighted by Crippen LogP contribution is -2.04. The summed E-state index contributed by atoms with van der Waals surface area (Å²) in [7, 11) is 0. The number of carbonyl (C=O) groups is 1. The highest BCUT2D eigenvalue weighted by Gasteiger charge is 1.99. The van der Waals surface area contributed by atoms with Crippen LogP contribution in [-0.2, 0) is 9.53 Å². The Morgan fingerprint density at radius 1 is 1.00 bits per heavy atom. The van der Waals surface area contributed by atoms with Crippen LogP contribution < -0.4 is 10.6 Å². The molecule has 4 heteroatoms. The smallest absolute Gasteiger partial charge is 0.332 e. The van der Waals surface area contributed by atoms with E-state index in [0.29, 0.717) is 6.61 Å². The Labute approximate surface area is 130 Å². The highest BCUT2D eigenvalue weighted by Crippen LogP contribution is 2.19. The molecule has 0 heterocycles. The Bertz CT molecular complexity index is 634. The molecule has 0 aliphatic rings. The summed E-state index contributed by atoms with van der Waals surface area (Å²) in [5.41, 5.74) is 3.70. The quantitative estimate of drug-likeness (QED) is 0.616. The molecule has 0 radical (unpaired) electrons. The molecule has 0 spiro atoms. The van der Waals surface area contributed by atoms with Gasteiger partial charge in [-0.05, 0) is 50.2 Å². The van der Waals surface area contributed by atoms with Gasteiger partial charge in [0.1, 0.15) is 0 Å². The number of anilines is 3. The van der Waals surface area contributed by atoms with Crippen LogP contribution in [0.3, 0.4) is 0 Å². The normalized spacial score (nSPS) is 10.9. The largest absolute Gasteiger partial charge is 0.463 e. The fraction of sp³-hybridized carbons (Fsp3) is 0.167. The number of nitrogens with one attached hydrogen (secondary N) is 2. The molecule has 2 aromatic carbocycles. The van der Waals surface area contributed by atoms with E-state index >= 15 is 0 Å². The molecule has 4 nitrogen and oxygen atoms in total. The van der Waals surface area contributed by atoms with Gasteiger partial charge in [0.2, 0.25) is 0 Å². The van der Waals surface area contributed by atoms with Crippen LogP contribution in [0.15, 0.2) is 66.4 Å². The SMILES string of the molecule is CCOC(=O)C=C(C)Nc1ccc(Nc2ccccc2)cc1. The highest BCUT2D eigenvalue weighted by molar-refractivity contribution is 5.83. The van der Waals surface area contributed by atoms with E-state index in [0.717, 1.165) is 22.8 Å². The summed E-state index contributed by atoms with van der Waals surface area (Å²) >= 11 is 0. The van der Waals surface area contributed by atoms with E-state index in [1.54, 1.807) is 6.92 Å². The maximum atomic E-state index is 11.4. The fourth-order valence-electron chi connectivity index (χ4n) is 1.95. The third-order valence-electron chi connectivity index (χ3n) is 2.91. The van der Waals surface area contributed by atoms with Gasteiger partial charge in [0.15, 0.2) is 0 Å². The Morgan fingerprint density at radius 2 is 1.59 bits per heavy atom. The molecule has 0 bridgehead atoms. The van der Waals surface area contributed by atoms with E-state index in [1.165, 1.54) is 6.08 Å². The van der Waals surface area contributed by atoms with Crippen molar-refractivity contribution in [3.63, 3.8) is 0 Å². The lowest BCUT2D eigenvalue weighted by molar-refractivity contribution is -0.137. The Balaban J connectivity index is 1.96. The van der Waals surface area contributed by atoms with Gasteiger partial charge < -0.3 is 15.4 Å². The van der Waals surface area contributed by atoms with Crippen LogP contribution in [-0.4, -0.2) is 12.6 Å². The average molecular weight is 296 g/mol. The second kappa shape index (κ2) is 7.88. The van der Waals surface area contributed by atoms with Gasteiger partial charge in [-0.1, -0.05) is 18.2 Å². The number of para-hydroxylation sites is 1. The molecule has 2 N–H and O–H groups in total. The zero-order valence-corrected chi connectivity index (χ0v) is 12.8. The summed E-state index contributed by atoms with van der Waals surface area (Å²) in [6, 6.07) is 17.8. The number of hydrogen-bond donors (Lipinski definition) is 2. The number of rotatable bonds is 6. The zero-order valence-electron chi connectivity index (χ0n) is 12.8. The van der Waals surface area contributed by atoms with Gasteiger partial charge in [0.05, 0.1) is 6.61 Å². The molecule has 0 atom stereocenters. The molecule has 2 rings (SSSR count). The van der Waals surface area contributed by atoms with Gasteiger partial charge in [-0.15, -0.1) is 0 Å². The molecular formula is C18H20N2O2. The number of benzene rings is 2. The standard InChI is InChI=1S/C18H20N2O2/c1-3-22-18(21)13-14(2)19-16-9-11-17(12-10-16)20-15-7-5-4-6-8-15/h4-13,19-20H,3H2,1-2H3. The van der Waals surface area contributed by atoms with E-state index in [2.05, 4.69) is 10.6 Å². The van der Waals surface area contributed by atoms with E-state index in [9.17, 15) is 4.79 Å². The van der Waals surface area contributed by atoms with E-state index in [1.807, 2.05) is 61.5 Å². The molecular weight excluding hydrogens is 276 g/mol. The molecule has 0 saturated carbocycles. The maximum Gasteiger partial charge on any atom is 0.332 e. The van der Waals surface area contributed by atoms with Crippen LogP contribution in [0, 0.1) is 0 Å². The molecule has 2 aromatic rings. The van der Waals surface area contributed by atoms with Crippen LogP contribution >= 0.6 is 0 Å². The van der Waals surface area contributed by atoms with Crippen molar-refractivity contribution in [3.05, 3.63) is 66.4 Å². The average Bonchev–Trinajstić information content (AvgIpc) is 2.50. The van der Waals surface area contributed by atoms with Gasteiger partial charge in [-0.2, -0.15) is 0 Å². The topological polar surface area (TPSA) is 50.4 Å². The van der Waals surface area contributed by atoms with Crippen molar-refractivity contribution in [1.29, 1.82) is 0 Å². The van der Waals surface area contributed by atoms with Crippen molar-refractivity contribution in [3.8, 4) is 0 Å². The molecule has 0 fully saturated rings. The maximum absolute atomic E-state index is 11.4. The molecule has 0 amide bonds. The first-order chi connectivity index (χ1) is 10.7. The van der Waals surface area contributed by atoms with Crippen molar-refractivity contribution < 1.29 is 9.53 Å². The minimum Gasteiger partial charge on any atom is -0.463 e. The Hall–Kier alpha value is -2.75. The Morgan fingerprint density at radius 3 is 2.23 bits per heavy atom. The molecule has 114 valence electrons. The van der Waals surface area contributed by atoms with Gasteiger partial charge in [0, 0.05) is 28.8 Å². The van der Waals surface area contributed by atoms with E-state index < -0.39 is 0 Å². The second-order valence-corrected chi connectivity index (χ2v) is 4.77. The molecule has 0 unspecified atom stereocenters. The van der Waals surface area contributed by atoms with Crippen LogP contribution in [0.5, 0.6) is 0 Å². The van der Waals surface area contributed by atoms with Gasteiger partial charge in [-0.3, -0.25) is 0 Å². The minimum absolute atomic E-state index is 0.338. The summed E-state index contributed by atoms with van der Waals surface area (Å²) in [5.74, 6) is -0.338. The predicted octanol–water partition coefficient (Wildman–Crippen LogP) is 4.31. The number of carbonyl (C=O) groups excluding carboxylic acids is 1. The van der Waals surface area contributed by atoms with Gasteiger partial charge in [0.25, 0.3) is 0 Å². The first-order valence-corrected chi connectivity index (χ1v) is 7.21. The second-order valence-electron chi connectivity index (χ2n) is 4.77. The molecule has 0 aliphatic carbocycles. The van der Waals surface area contributed by atoms with Crippen molar-refractivity contribution in [2.75, 3.05) is 17.2 Å². The fourth-order valence-corrected chi connectivity index (χ4v) is 1.95. The molecule has 0 saturated heterocycles. The van der Waals surface area contributed by atoms with Crippen LogP contribution in [0.4, 0.5) is 17.1 Å². The first kappa shape index (κ1) is 15.6. The van der Waals surface area contributed by atoms with E-state index in [4.69, 9.17) is 4.74 Å². The summed E-state index contributed by atoms with van der Waals surface area (Å²) in [4.78, 5) is 11.4. The summed E-state index contributed by atoms with van der Waals surface area (Å²) in [5, 5.41) is 6.47. The zero-order chi connectivity index (χ0) is 15.8. The summed E-state index contributed by atoms with van der Waals surface area (Å²) < 4.78 is 4.87. The monoisotopic (exact) mass is 296 g/mol. The molecule has 22 heavy (non-hydrogen) atoms. The molecule has 0 aliphatic heterocycles. The lowest BCUT2D eigenvalue weighted by atomic mass is 10.2. The van der Waals surface area contributed by atoms with Crippen LogP contribution in [0.2, 0.25) is 0 Å². The number of ether oxygens (including phenoxy) is 1. The lowest BCUT2D eigenvalue weighted by Gasteiger charge is -2.09. The van der Waals surface area contributed by atoms with Crippen molar-refractivity contribution >= 4 is 23.0 Å². The third-order valence-corrected chi connectivity index (χ3v) is 2.91. The molecule has 0 aromatic heterocycles. The van der Waals surface area contributed by atoms with Crippen molar-refractivity contribution in [2.45, 2.75) is 13.8 Å². The highest BCUT2D eigenvalue weighted by atomic mass is 16.5. The summed E-state index contributed by atoms with van der Waals surface area (Å²) in [6.07, 6.45) is 1.44. The first-order valence-electron chi connectivity index (χ1n) is 7.21. The third kappa shape index (κ3) is 4.98. The van der Waals surface area contributed by atoms with Crippen molar-refractivity contribution in [1.82, 2.24) is 0 Å².